The number of anilines is 1. The van der Waals surface area contributed by atoms with Crippen molar-refractivity contribution in [2.75, 3.05) is 5.32 Å². The van der Waals surface area contributed by atoms with E-state index in [1.54, 1.807) is 17.8 Å². The van der Waals surface area contributed by atoms with Gasteiger partial charge < -0.3 is 5.32 Å². The molecule has 0 atom stereocenters. The Bertz CT molecular complexity index is 584. The number of carbonyl (C=O) groups excluding carboxylic acids is 1. The van der Waals surface area contributed by atoms with E-state index in [2.05, 4.69) is 26.3 Å². The Hall–Kier alpha value is -1.62. The summed E-state index contributed by atoms with van der Waals surface area (Å²) in [5.41, 5.74) is 2.54. The molecule has 2 aromatic rings. The van der Waals surface area contributed by atoms with Gasteiger partial charge in [0, 0.05) is 23.2 Å². The van der Waals surface area contributed by atoms with Gasteiger partial charge in [-0.05, 0) is 37.6 Å². The number of nitrogens with zero attached hydrogens (tertiary/aromatic N) is 2. The van der Waals surface area contributed by atoms with E-state index in [0.717, 1.165) is 15.7 Å². The van der Waals surface area contributed by atoms with Crippen LogP contribution in [0, 0.1) is 13.8 Å². The monoisotopic (exact) mass is 307 g/mol. The second kappa shape index (κ2) is 4.94. The van der Waals surface area contributed by atoms with Gasteiger partial charge in [0.15, 0.2) is 0 Å². The van der Waals surface area contributed by atoms with Crippen LogP contribution in [0.5, 0.6) is 0 Å². The molecule has 1 amide bonds. The van der Waals surface area contributed by atoms with Crippen LogP contribution < -0.4 is 5.32 Å². The first-order chi connectivity index (χ1) is 8.45. The lowest BCUT2D eigenvalue weighted by Gasteiger charge is -2.06. The number of nitrogens with one attached hydrogen (secondary N) is 1. The molecule has 5 heteroatoms. The van der Waals surface area contributed by atoms with Crippen molar-refractivity contribution in [3.8, 4) is 0 Å². The largest absolute Gasteiger partial charge is 0.307 e. The smallest absolute Gasteiger partial charge is 0.256 e. The molecule has 0 unspecified atom stereocenters. The molecule has 1 N–H and O–H groups in total. The number of aryl methyl sites for hydroxylation is 3. The Kier molecular flexibility index (Phi) is 3.52. The van der Waals surface area contributed by atoms with E-state index in [-0.39, 0.29) is 5.91 Å². The highest BCUT2D eigenvalue weighted by atomic mass is 79.9. The molecule has 0 aliphatic heterocycles. The van der Waals surface area contributed by atoms with Crippen molar-refractivity contribution in [3.63, 3.8) is 0 Å². The zero-order valence-corrected chi connectivity index (χ0v) is 12.1. The topological polar surface area (TPSA) is 46.9 Å². The van der Waals surface area contributed by atoms with Gasteiger partial charge in [-0.3, -0.25) is 9.48 Å². The lowest BCUT2D eigenvalue weighted by Crippen LogP contribution is -2.14. The minimum atomic E-state index is -0.137. The molecule has 1 heterocycles. The summed E-state index contributed by atoms with van der Waals surface area (Å²) in [6.07, 6.45) is 0. The molecule has 0 fully saturated rings. The third kappa shape index (κ3) is 2.79. The van der Waals surface area contributed by atoms with Gasteiger partial charge in [0.25, 0.3) is 5.91 Å². The van der Waals surface area contributed by atoms with Crippen molar-refractivity contribution in [1.82, 2.24) is 9.78 Å². The van der Waals surface area contributed by atoms with Gasteiger partial charge in [-0.1, -0.05) is 15.9 Å². The van der Waals surface area contributed by atoms with Crippen LogP contribution in [0.25, 0.3) is 0 Å². The first-order valence-electron chi connectivity index (χ1n) is 5.55. The maximum Gasteiger partial charge on any atom is 0.256 e. The third-order valence-corrected chi connectivity index (χ3v) is 3.01. The molecule has 2 rings (SSSR count). The van der Waals surface area contributed by atoms with Gasteiger partial charge >= 0.3 is 0 Å². The fourth-order valence-electron chi connectivity index (χ4n) is 1.78. The molecule has 0 saturated heterocycles. The van der Waals surface area contributed by atoms with E-state index in [1.165, 1.54) is 0 Å². The fraction of sp³-hybridized carbons (Fsp3) is 0.231. The number of hydrogen-bond donors (Lipinski definition) is 1. The van der Waals surface area contributed by atoms with E-state index >= 15 is 0 Å². The minimum Gasteiger partial charge on any atom is -0.307 e. The second-order valence-corrected chi connectivity index (χ2v) is 5.18. The highest BCUT2D eigenvalue weighted by molar-refractivity contribution is 9.10. The zero-order valence-electron chi connectivity index (χ0n) is 10.5. The van der Waals surface area contributed by atoms with Gasteiger partial charge in [-0.15, -0.1) is 0 Å². The number of amides is 1. The summed E-state index contributed by atoms with van der Waals surface area (Å²) in [7, 11) is 1.80. The Balaban J connectivity index is 2.24. The van der Waals surface area contributed by atoms with Gasteiger partial charge in [0.05, 0.1) is 5.69 Å². The first-order valence-corrected chi connectivity index (χ1v) is 6.34. The van der Waals surface area contributed by atoms with Crippen molar-refractivity contribution in [1.29, 1.82) is 0 Å². The van der Waals surface area contributed by atoms with E-state index in [1.807, 2.05) is 32.0 Å². The summed E-state index contributed by atoms with van der Waals surface area (Å²) < 4.78 is 2.55. The molecule has 1 aromatic carbocycles. The normalized spacial score (nSPS) is 10.4. The van der Waals surface area contributed by atoms with E-state index < -0.39 is 0 Å². The lowest BCUT2D eigenvalue weighted by molar-refractivity contribution is 0.102. The zero-order chi connectivity index (χ0) is 13.3. The van der Waals surface area contributed by atoms with E-state index in [4.69, 9.17) is 0 Å². The van der Waals surface area contributed by atoms with E-state index in [9.17, 15) is 4.79 Å². The van der Waals surface area contributed by atoms with Crippen LogP contribution in [0.2, 0.25) is 0 Å². The van der Waals surface area contributed by atoms with Gasteiger partial charge in [0.1, 0.15) is 5.82 Å². The molecule has 0 saturated carbocycles. The maximum absolute atomic E-state index is 12.1. The highest BCUT2D eigenvalue weighted by Crippen LogP contribution is 2.17. The van der Waals surface area contributed by atoms with Crippen LogP contribution in [0.4, 0.5) is 5.82 Å². The summed E-state index contributed by atoms with van der Waals surface area (Å²) in [5, 5.41) is 7.03. The third-order valence-electron chi connectivity index (χ3n) is 2.55. The molecule has 1 aromatic heterocycles. The number of carbonyl (C=O) groups is 1. The summed E-state index contributed by atoms with van der Waals surface area (Å²) >= 11 is 3.39. The lowest BCUT2D eigenvalue weighted by atomic mass is 10.1. The fourth-order valence-corrected chi connectivity index (χ4v) is 2.39. The van der Waals surface area contributed by atoms with Crippen molar-refractivity contribution >= 4 is 27.7 Å². The van der Waals surface area contributed by atoms with Crippen LogP contribution in [0.3, 0.4) is 0 Å². The predicted octanol–water partition coefficient (Wildman–Crippen LogP) is 3.05. The van der Waals surface area contributed by atoms with E-state index in [0.29, 0.717) is 11.4 Å². The predicted molar refractivity (Wildman–Crippen MR) is 74.8 cm³/mol. The molecule has 4 nitrogen and oxygen atoms in total. The van der Waals surface area contributed by atoms with Crippen molar-refractivity contribution < 1.29 is 4.79 Å². The molecular weight excluding hydrogens is 294 g/mol. The van der Waals surface area contributed by atoms with Gasteiger partial charge in [-0.25, -0.2) is 0 Å². The van der Waals surface area contributed by atoms with Gasteiger partial charge in [-0.2, -0.15) is 5.10 Å². The summed E-state index contributed by atoms with van der Waals surface area (Å²) in [6.45, 7) is 3.84. The van der Waals surface area contributed by atoms with Gasteiger partial charge in [0.2, 0.25) is 0 Å². The Labute approximate surface area is 114 Å². The van der Waals surface area contributed by atoms with Crippen LogP contribution in [0.15, 0.2) is 28.7 Å². The van der Waals surface area contributed by atoms with Crippen LogP contribution in [-0.4, -0.2) is 15.7 Å². The SMILES string of the molecule is Cc1cc(Br)cc(C(=O)Nc2cc(C)nn2C)c1. The maximum atomic E-state index is 12.1. The number of benzene rings is 1. The number of rotatable bonds is 2. The van der Waals surface area contributed by atoms with Crippen LogP contribution >= 0.6 is 15.9 Å². The molecule has 0 aliphatic carbocycles. The number of halogens is 1. The second-order valence-electron chi connectivity index (χ2n) is 4.27. The average molecular weight is 308 g/mol. The van der Waals surface area contributed by atoms with Crippen LogP contribution in [0.1, 0.15) is 21.6 Å². The minimum absolute atomic E-state index is 0.137. The number of hydrogen-bond acceptors (Lipinski definition) is 2. The first kappa shape index (κ1) is 12.8. The molecule has 0 radical (unpaired) electrons. The summed E-state index contributed by atoms with van der Waals surface area (Å²) in [5.74, 6) is 0.553. The Morgan fingerprint density at radius 1 is 1.28 bits per heavy atom. The quantitative estimate of drug-likeness (QED) is 0.927. The molecular formula is C13H14BrN3O. The molecule has 0 spiro atoms. The molecule has 18 heavy (non-hydrogen) atoms. The Morgan fingerprint density at radius 2 is 2.00 bits per heavy atom. The molecule has 94 valence electrons. The highest BCUT2D eigenvalue weighted by Gasteiger charge is 2.10. The summed E-state index contributed by atoms with van der Waals surface area (Å²) in [4.78, 5) is 12.1. The Morgan fingerprint density at radius 3 is 2.56 bits per heavy atom. The average Bonchev–Trinajstić information content (AvgIpc) is 2.56. The number of aromatic nitrogens is 2. The van der Waals surface area contributed by atoms with Crippen molar-refractivity contribution in [2.24, 2.45) is 7.05 Å². The van der Waals surface area contributed by atoms with Crippen molar-refractivity contribution in [2.45, 2.75) is 13.8 Å². The summed E-state index contributed by atoms with van der Waals surface area (Å²) in [6, 6.07) is 7.45. The van der Waals surface area contributed by atoms with Crippen molar-refractivity contribution in [3.05, 3.63) is 45.6 Å². The molecule has 0 bridgehead atoms. The molecule has 0 aliphatic rings. The van der Waals surface area contributed by atoms with Crippen LogP contribution in [-0.2, 0) is 7.05 Å². The standard InChI is InChI=1S/C13H14BrN3O/c1-8-4-10(7-11(14)5-8)13(18)15-12-6-9(2)16-17(12)3/h4-7H,1-3H3,(H,15,18).